The van der Waals surface area contributed by atoms with Gasteiger partial charge in [0.2, 0.25) is 5.91 Å². The van der Waals surface area contributed by atoms with E-state index in [1.165, 1.54) is 0 Å². The minimum Gasteiger partial charge on any atom is -0.508 e. The summed E-state index contributed by atoms with van der Waals surface area (Å²) in [5.41, 5.74) is 2.71. The van der Waals surface area contributed by atoms with E-state index in [9.17, 15) is 9.90 Å². The number of para-hydroxylation sites is 1. The van der Waals surface area contributed by atoms with Crippen molar-refractivity contribution in [2.24, 2.45) is 0 Å². The number of carbonyl (C=O) groups excluding carboxylic acids is 1. The Kier molecular flexibility index (Phi) is 4.74. The van der Waals surface area contributed by atoms with Crippen LogP contribution in [-0.4, -0.2) is 17.6 Å². The van der Waals surface area contributed by atoms with Crippen molar-refractivity contribution in [1.29, 1.82) is 0 Å². The molecule has 3 N–H and O–H groups in total. The Morgan fingerprint density at radius 3 is 2.50 bits per heavy atom. The summed E-state index contributed by atoms with van der Waals surface area (Å²) in [7, 11) is 0. The highest BCUT2D eigenvalue weighted by Gasteiger charge is 2.03. The summed E-state index contributed by atoms with van der Waals surface area (Å²) in [5.74, 6) is 0.128. The summed E-state index contributed by atoms with van der Waals surface area (Å²) in [4.78, 5) is 11.7. The summed E-state index contributed by atoms with van der Waals surface area (Å²) >= 11 is 0. The molecule has 104 valence electrons. The van der Waals surface area contributed by atoms with E-state index in [0.29, 0.717) is 6.54 Å². The quantitative estimate of drug-likeness (QED) is 0.782. The molecule has 2 rings (SSSR count). The second-order valence-corrected chi connectivity index (χ2v) is 4.65. The molecule has 0 heterocycles. The summed E-state index contributed by atoms with van der Waals surface area (Å²) in [6.45, 7) is 2.65. The molecule has 1 amide bonds. The predicted octanol–water partition coefficient (Wildman–Crippen LogP) is 2.43. The van der Waals surface area contributed by atoms with Crippen molar-refractivity contribution >= 4 is 11.6 Å². The molecule has 4 heteroatoms. The van der Waals surface area contributed by atoms with E-state index in [4.69, 9.17) is 0 Å². The molecule has 0 aliphatic heterocycles. The third kappa shape index (κ3) is 4.10. The Bertz CT molecular complexity index is 579. The Balaban J connectivity index is 1.78. The molecule has 0 spiro atoms. The molecule has 2 aromatic carbocycles. The van der Waals surface area contributed by atoms with E-state index < -0.39 is 0 Å². The number of hydrogen-bond acceptors (Lipinski definition) is 3. The lowest BCUT2D eigenvalue weighted by molar-refractivity contribution is -0.115. The number of carbonyl (C=O) groups is 1. The molecule has 0 aliphatic rings. The van der Waals surface area contributed by atoms with Gasteiger partial charge in [-0.2, -0.15) is 0 Å². The molecular weight excluding hydrogens is 252 g/mol. The van der Waals surface area contributed by atoms with Crippen LogP contribution in [0.5, 0.6) is 5.75 Å². The first-order chi connectivity index (χ1) is 9.65. The van der Waals surface area contributed by atoms with Gasteiger partial charge in [0, 0.05) is 17.8 Å². The summed E-state index contributed by atoms with van der Waals surface area (Å²) in [6, 6.07) is 14.7. The van der Waals surface area contributed by atoms with E-state index >= 15 is 0 Å². The van der Waals surface area contributed by atoms with Crippen LogP contribution in [0.4, 0.5) is 5.69 Å². The molecule has 20 heavy (non-hydrogen) atoms. The summed E-state index contributed by atoms with van der Waals surface area (Å²) in [5, 5.41) is 15.4. The average molecular weight is 270 g/mol. The van der Waals surface area contributed by atoms with Crippen molar-refractivity contribution in [3.8, 4) is 5.75 Å². The number of phenolic OH excluding ortho intramolecular Hbond substituents is 1. The van der Waals surface area contributed by atoms with Crippen molar-refractivity contribution in [2.75, 3.05) is 11.9 Å². The predicted molar refractivity (Wildman–Crippen MR) is 79.6 cm³/mol. The number of aromatic hydroxyl groups is 1. The Labute approximate surface area is 118 Å². The third-order valence-electron chi connectivity index (χ3n) is 2.93. The first kappa shape index (κ1) is 14.1. The van der Waals surface area contributed by atoms with Crippen LogP contribution in [0.3, 0.4) is 0 Å². The molecule has 4 nitrogen and oxygen atoms in total. The summed E-state index contributed by atoms with van der Waals surface area (Å²) < 4.78 is 0. The number of phenols is 1. The van der Waals surface area contributed by atoms with Gasteiger partial charge < -0.3 is 15.7 Å². The van der Waals surface area contributed by atoms with Crippen LogP contribution in [0, 0.1) is 6.92 Å². The normalized spacial score (nSPS) is 10.2. The van der Waals surface area contributed by atoms with Crippen molar-refractivity contribution in [3.05, 3.63) is 59.7 Å². The van der Waals surface area contributed by atoms with Gasteiger partial charge >= 0.3 is 0 Å². The van der Waals surface area contributed by atoms with Crippen LogP contribution in [0.1, 0.15) is 11.1 Å². The maximum Gasteiger partial charge on any atom is 0.238 e. The molecule has 0 unspecified atom stereocenters. The van der Waals surface area contributed by atoms with E-state index in [1.807, 2.05) is 43.3 Å². The van der Waals surface area contributed by atoms with E-state index in [0.717, 1.165) is 16.8 Å². The lowest BCUT2D eigenvalue weighted by atomic mass is 10.2. The number of nitrogens with one attached hydrogen (secondary N) is 2. The van der Waals surface area contributed by atoms with Gasteiger partial charge in [0.05, 0.1) is 6.54 Å². The zero-order valence-corrected chi connectivity index (χ0v) is 11.4. The van der Waals surface area contributed by atoms with E-state index in [-0.39, 0.29) is 18.2 Å². The largest absolute Gasteiger partial charge is 0.508 e. The maximum atomic E-state index is 11.7. The monoisotopic (exact) mass is 270 g/mol. The molecule has 0 fully saturated rings. The molecule has 0 aliphatic carbocycles. The topological polar surface area (TPSA) is 61.4 Å². The minimum atomic E-state index is -0.107. The molecule has 0 aromatic heterocycles. The minimum absolute atomic E-state index is 0.107. The van der Waals surface area contributed by atoms with Crippen LogP contribution in [0.25, 0.3) is 0 Å². The van der Waals surface area contributed by atoms with Gasteiger partial charge in [-0.05, 0) is 25.1 Å². The standard InChI is InChI=1S/C16H18N2O2/c1-12-6-8-14(9-7-12)18-16(20)11-17-10-13-4-2-3-5-15(13)19/h2-9,17,19H,10-11H2,1H3,(H,18,20). The van der Waals surface area contributed by atoms with Crippen LogP contribution in [-0.2, 0) is 11.3 Å². The highest BCUT2D eigenvalue weighted by Crippen LogP contribution is 2.14. The van der Waals surface area contributed by atoms with Crippen LogP contribution < -0.4 is 10.6 Å². The number of rotatable bonds is 5. The SMILES string of the molecule is Cc1ccc(NC(=O)CNCc2ccccc2O)cc1. The smallest absolute Gasteiger partial charge is 0.238 e. The number of hydrogen-bond donors (Lipinski definition) is 3. The molecular formula is C16H18N2O2. The maximum absolute atomic E-state index is 11.7. The molecule has 0 bridgehead atoms. The fourth-order valence-corrected chi connectivity index (χ4v) is 1.81. The molecule has 0 saturated heterocycles. The summed E-state index contributed by atoms with van der Waals surface area (Å²) in [6.07, 6.45) is 0. The van der Waals surface area contributed by atoms with Crippen molar-refractivity contribution in [1.82, 2.24) is 5.32 Å². The number of amides is 1. The molecule has 2 aromatic rings. The van der Waals surface area contributed by atoms with Crippen LogP contribution >= 0.6 is 0 Å². The van der Waals surface area contributed by atoms with Crippen LogP contribution in [0.15, 0.2) is 48.5 Å². The van der Waals surface area contributed by atoms with Crippen LogP contribution in [0.2, 0.25) is 0 Å². The number of anilines is 1. The van der Waals surface area contributed by atoms with Gasteiger partial charge in [0.25, 0.3) is 0 Å². The Morgan fingerprint density at radius 1 is 1.10 bits per heavy atom. The fourth-order valence-electron chi connectivity index (χ4n) is 1.81. The Morgan fingerprint density at radius 2 is 1.80 bits per heavy atom. The fraction of sp³-hybridized carbons (Fsp3) is 0.188. The molecule has 0 radical (unpaired) electrons. The molecule has 0 atom stereocenters. The van der Waals surface area contributed by atoms with Gasteiger partial charge in [0.1, 0.15) is 5.75 Å². The lowest BCUT2D eigenvalue weighted by Gasteiger charge is -2.08. The van der Waals surface area contributed by atoms with Gasteiger partial charge in [-0.3, -0.25) is 4.79 Å². The van der Waals surface area contributed by atoms with Gasteiger partial charge in [-0.15, -0.1) is 0 Å². The van der Waals surface area contributed by atoms with E-state index in [2.05, 4.69) is 10.6 Å². The lowest BCUT2D eigenvalue weighted by Crippen LogP contribution is -2.27. The number of aryl methyl sites for hydroxylation is 1. The molecule has 0 saturated carbocycles. The highest BCUT2D eigenvalue weighted by molar-refractivity contribution is 5.92. The van der Waals surface area contributed by atoms with E-state index in [1.54, 1.807) is 12.1 Å². The van der Waals surface area contributed by atoms with Crippen molar-refractivity contribution in [3.63, 3.8) is 0 Å². The number of benzene rings is 2. The second-order valence-electron chi connectivity index (χ2n) is 4.65. The Hall–Kier alpha value is -2.33. The highest BCUT2D eigenvalue weighted by atomic mass is 16.3. The zero-order valence-electron chi connectivity index (χ0n) is 11.4. The first-order valence-electron chi connectivity index (χ1n) is 6.49. The second kappa shape index (κ2) is 6.73. The first-order valence-corrected chi connectivity index (χ1v) is 6.49. The van der Waals surface area contributed by atoms with Gasteiger partial charge in [-0.1, -0.05) is 35.9 Å². The average Bonchev–Trinajstić information content (AvgIpc) is 2.43. The zero-order chi connectivity index (χ0) is 14.4. The van der Waals surface area contributed by atoms with Gasteiger partial charge in [0.15, 0.2) is 0 Å². The van der Waals surface area contributed by atoms with Crippen molar-refractivity contribution < 1.29 is 9.90 Å². The third-order valence-corrected chi connectivity index (χ3v) is 2.93. The van der Waals surface area contributed by atoms with Crippen molar-refractivity contribution in [2.45, 2.75) is 13.5 Å². The van der Waals surface area contributed by atoms with Gasteiger partial charge in [-0.25, -0.2) is 0 Å².